The molecule has 120 valence electrons. The number of amides is 2. The summed E-state index contributed by atoms with van der Waals surface area (Å²) in [5.74, 6) is -0.0971. The Morgan fingerprint density at radius 1 is 1.27 bits per heavy atom. The number of anilines is 1. The van der Waals surface area contributed by atoms with Gasteiger partial charge in [-0.25, -0.2) is 0 Å². The lowest BCUT2D eigenvalue weighted by molar-refractivity contribution is -0.134. The Morgan fingerprint density at radius 2 is 2.05 bits per heavy atom. The highest BCUT2D eigenvalue weighted by molar-refractivity contribution is 5.83. The van der Waals surface area contributed by atoms with E-state index in [1.807, 2.05) is 30.3 Å². The molecule has 0 saturated carbocycles. The van der Waals surface area contributed by atoms with E-state index >= 15 is 0 Å². The summed E-state index contributed by atoms with van der Waals surface area (Å²) in [6.45, 7) is 2.38. The minimum Gasteiger partial charge on any atom is -0.376 e. The van der Waals surface area contributed by atoms with Crippen LogP contribution in [0.2, 0.25) is 0 Å². The number of hydrogen-bond acceptors (Lipinski definition) is 4. The van der Waals surface area contributed by atoms with Gasteiger partial charge >= 0.3 is 0 Å². The summed E-state index contributed by atoms with van der Waals surface area (Å²) < 4.78 is 0. The van der Waals surface area contributed by atoms with Crippen LogP contribution in [-0.4, -0.2) is 49.4 Å². The average Bonchev–Trinajstić information content (AvgIpc) is 2.58. The molecule has 4 N–H and O–H groups in total. The van der Waals surface area contributed by atoms with Crippen molar-refractivity contribution in [2.45, 2.75) is 12.8 Å². The first-order valence-electron chi connectivity index (χ1n) is 7.75. The summed E-state index contributed by atoms with van der Waals surface area (Å²) in [7, 11) is 0. The molecule has 6 nitrogen and oxygen atoms in total. The number of carbonyl (C=O) groups excluding carboxylic acids is 2. The lowest BCUT2D eigenvalue weighted by Crippen LogP contribution is -2.47. The molecule has 0 radical (unpaired) electrons. The van der Waals surface area contributed by atoms with Gasteiger partial charge in [0.2, 0.25) is 11.8 Å². The van der Waals surface area contributed by atoms with Gasteiger partial charge in [-0.1, -0.05) is 18.2 Å². The van der Waals surface area contributed by atoms with Crippen LogP contribution >= 0.6 is 0 Å². The third kappa shape index (κ3) is 4.73. The van der Waals surface area contributed by atoms with E-state index in [0.717, 1.165) is 25.1 Å². The Kier molecular flexibility index (Phi) is 6.21. The number of nitrogens with zero attached hydrogens (tertiary/aromatic N) is 1. The van der Waals surface area contributed by atoms with Gasteiger partial charge in [-0.05, 0) is 25.0 Å². The Labute approximate surface area is 131 Å². The van der Waals surface area contributed by atoms with Crippen molar-refractivity contribution in [1.82, 2.24) is 10.2 Å². The molecule has 1 unspecified atom stereocenters. The molecule has 1 heterocycles. The molecule has 1 fully saturated rings. The van der Waals surface area contributed by atoms with Crippen LogP contribution in [0.25, 0.3) is 0 Å². The maximum Gasteiger partial charge on any atom is 0.241 e. The maximum absolute atomic E-state index is 12.3. The molecular formula is C16H24N4O2. The Bertz CT molecular complexity index is 492. The summed E-state index contributed by atoms with van der Waals surface area (Å²) >= 11 is 0. The summed E-state index contributed by atoms with van der Waals surface area (Å²) in [5, 5.41) is 5.91. The normalized spacial score (nSPS) is 17.9. The first-order chi connectivity index (χ1) is 10.7. The van der Waals surface area contributed by atoms with Gasteiger partial charge in [-0.3, -0.25) is 9.59 Å². The lowest BCUT2D eigenvalue weighted by Gasteiger charge is -2.32. The van der Waals surface area contributed by atoms with E-state index in [4.69, 9.17) is 5.73 Å². The van der Waals surface area contributed by atoms with Crippen molar-refractivity contribution in [2.75, 3.05) is 38.0 Å². The third-order valence-electron chi connectivity index (χ3n) is 3.81. The number of hydrogen-bond donors (Lipinski definition) is 3. The highest BCUT2D eigenvalue weighted by Gasteiger charge is 2.27. The van der Waals surface area contributed by atoms with E-state index in [0.29, 0.717) is 19.6 Å². The molecule has 2 amide bonds. The predicted molar refractivity (Wildman–Crippen MR) is 86.3 cm³/mol. The van der Waals surface area contributed by atoms with Crippen LogP contribution < -0.4 is 16.4 Å². The second-order valence-electron chi connectivity index (χ2n) is 5.48. The molecule has 0 spiro atoms. The topological polar surface area (TPSA) is 87.5 Å². The molecule has 2 rings (SSSR count). The zero-order chi connectivity index (χ0) is 15.8. The maximum atomic E-state index is 12.3. The average molecular weight is 304 g/mol. The zero-order valence-corrected chi connectivity index (χ0v) is 12.8. The summed E-state index contributed by atoms with van der Waals surface area (Å²) in [5.41, 5.74) is 6.31. The molecule has 0 aliphatic carbocycles. The van der Waals surface area contributed by atoms with Gasteiger partial charge in [0.05, 0.1) is 12.5 Å². The Morgan fingerprint density at radius 3 is 2.77 bits per heavy atom. The van der Waals surface area contributed by atoms with Gasteiger partial charge in [0.15, 0.2) is 0 Å². The molecule has 6 heteroatoms. The summed E-state index contributed by atoms with van der Waals surface area (Å²) in [6, 6.07) is 9.62. The number of para-hydroxylation sites is 1. The van der Waals surface area contributed by atoms with E-state index in [9.17, 15) is 9.59 Å². The number of nitrogens with two attached hydrogens (primary N) is 1. The molecule has 22 heavy (non-hydrogen) atoms. The second-order valence-corrected chi connectivity index (χ2v) is 5.48. The third-order valence-corrected chi connectivity index (χ3v) is 3.81. The van der Waals surface area contributed by atoms with Gasteiger partial charge in [0.25, 0.3) is 0 Å². The molecule has 1 atom stereocenters. The lowest BCUT2D eigenvalue weighted by atomic mass is 9.97. The molecule has 1 aromatic carbocycles. The van der Waals surface area contributed by atoms with E-state index in [-0.39, 0.29) is 24.3 Å². The minimum atomic E-state index is -0.124. The van der Waals surface area contributed by atoms with Gasteiger partial charge in [0, 0.05) is 31.9 Å². The van der Waals surface area contributed by atoms with Crippen molar-refractivity contribution in [2.24, 2.45) is 11.7 Å². The van der Waals surface area contributed by atoms with Crippen LogP contribution in [0, 0.1) is 5.92 Å². The molecule has 0 bridgehead atoms. The molecule has 1 aliphatic rings. The van der Waals surface area contributed by atoms with E-state index in [1.54, 1.807) is 4.90 Å². The first kappa shape index (κ1) is 16.3. The van der Waals surface area contributed by atoms with Gasteiger partial charge in [0.1, 0.15) is 0 Å². The monoisotopic (exact) mass is 304 g/mol. The van der Waals surface area contributed by atoms with E-state index in [1.165, 1.54) is 0 Å². The van der Waals surface area contributed by atoms with Crippen LogP contribution in [-0.2, 0) is 9.59 Å². The highest BCUT2D eigenvalue weighted by Crippen LogP contribution is 2.17. The van der Waals surface area contributed by atoms with Crippen molar-refractivity contribution in [1.29, 1.82) is 0 Å². The SMILES string of the molecule is NCCNC(=O)C1CCCN(C(=O)CNc2ccccc2)C1. The van der Waals surface area contributed by atoms with Crippen LogP contribution in [0.3, 0.4) is 0 Å². The van der Waals surface area contributed by atoms with Crippen LogP contribution in [0.1, 0.15) is 12.8 Å². The number of nitrogens with one attached hydrogen (secondary N) is 2. The second kappa shape index (κ2) is 8.38. The standard InChI is InChI=1S/C16H24N4O2/c17-8-9-18-16(22)13-5-4-10-20(12-13)15(21)11-19-14-6-2-1-3-7-14/h1-3,6-7,13,19H,4-5,8-12,17H2,(H,18,22). The van der Waals surface area contributed by atoms with Gasteiger partial charge in [-0.15, -0.1) is 0 Å². The number of piperidine rings is 1. The fourth-order valence-electron chi connectivity index (χ4n) is 2.60. The number of likely N-dealkylation sites (tertiary alicyclic amines) is 1. The molecule has 1 aromatic rings. The molecule has 0 aromatic heterocycles. The summed E-state index contributed by atoms with van der Waals surface area (Å²) in [4.78, 5) is 26.0. The van der Waals surface area contributed by atoms with Gasteiger partial charge < -0.3 is 21.3 Å². The number of benzene rings is 1. The Balaban J connectivity index is 1.81. The number of rotatable bonds is 6. The fourth-order valence-corrected chi connectivity index (χ4v) is 2.60. The van der Waals surface area contributed by atoms with E-state index < -0.39 is 0 Å². The molecule has 1 aliphatic heterocycles. The first-order valence-corrected chi connectivity index (χ1v) is 7.75. The largest absolute Gasteiger partial charge is 0.376 e. The van der Waals surface area contributed by atoms with Crippen molar-refractivity contribution in [3.05, 3.63) is 30.3 Å². The minimum absolute atomic E-state index is 0.000955. The van der Waals surface area contributed by atoms with Crippen molar-refractivity contribution >= 4 is 17.5 Å². The van der Waals surface area contributed by atoms with E-state index in [2.05, 4.69) is 10.6 Å². The summed E-state index contributed by atoms with van der Waals surface area (Å²) in [6.07, 6.45) is 1.68. The fraction of sp³-hybridized carbons (Fsp3) is 0.500. The smallest absolute Gasteiger partial charge is 0.241 e. The number of carbonyl (C=O) groups is 2. The van der Waals surface area contributed by atoms with Crippen molar-refractivity contribution in [3.63, 3.8) is 0 Å². The van der Waals surface area contributed by atoms with Crippen molar-refractivity contribution in [3.8, 4) is 0 Å². The predicted octanol–water partition coefficient (Wildman–Crippen LogP) is 0.412. The quantitative estimate of drug-likeness (QED) is 0.710. The Hall–Kier alpha value is -2.08. The van der Waals surface area contributed by atoms with Gasteiger partial charge in [-0.2, -0.15) is 0 Å². The molecule has 1 saturated heterocycles. The van der Waals surface area contributed by atoms with Crippen LogP contribution in [0.5, 0.6) is 0 Å². The van der Waals surface area contributed by atoms with Crippen LogP contribution in [0.4, 0.5) is 5.69 Å². The zero-order valence-electron chi connectivity index (χ0n) is 12.8. The highest BCUT2D eigenvalue weighted by atomic mass is 16.2. The molecular weight excluding hydrogens is 280 g/mol. The van der Waals surface area contributed by atoms with Crippen molar-refractivity contribution < 1.29 is 9.59 Å². The van der Waals surface area contributed by atoms with Crippen LogP contribution in [0.15, 0.2) is 30.3 Å².